The van der Waals surface area contributed by atoms with E-state index in [4.69, 9.17) is 14.3 Å². The van der Waals surface area contributed by atoms with Crippen molar-refractivity contribution in [3.8, 4) is 11.8 Å². The maximum atomic E-state index is 12.1. The summed E-state index contributed by atoms with van der Waals surface area (Å²) in [5.74, 6) is -0.402. The second-order valence-electron chi connectivity index (χ2n) is 9.45. The third kappa shape index (κ3) is 7.11. The molecule has 224 valence electrons. The van der Waals surface area contributed by atoms with Gasteiger partial charge in [-0.05, 0) is 68.0 Å². The number of amides is 2. The Kier molecular flexibility index (Phi) is 10.7. The predicted octanol–water partition coefficient (Wildman–Crippen LogP) is 3.61. The summed E-state index contributed by atoms with van der Waals surface area (Å²) >= 11 is -2.11. The number of oxime groups is 1. The van der Waals surface area contributed by atoms with Crippen LogP contribution in [-0.2, 0) is 43.8 Å². The summed E-state index contributed by atoms with van der Waals surface area (Å²) in [5, 5.41) is 13.2. The Balaban J connectivity index is 0.000000231. The molecule has 1 aliphatic heterocycles. The molecule has 2 bridgehead atoms. The van der Waals surface area contributed by atoms with Crippen molar-refractivity contribution in [3.63, 3.8) is 0 Å². The molecule has 5 rings (SSSR count). The van der Waals surface area contributed by atoms with Gasteiger partial charge in [0.05, 0.1) is 26.1 Å². The minimum absolute atomic E-state index is 0. The third-order valence-corrected chi connectivity index (χ3v) is 8.60. The van der Waals surface area contributed by atoms with Gasteiger partial charge in [-0.25, -0.2) is 0 Å². The predicted molar refractivity (Wildman–Crippen MR) is 152 cm³/mol. The van der Waals surface area contributed by atoms with Gasteiger partial charge in [0.1, 0.15) is 16.7 Å². The fraction of sp³-hybridized carbons (Fsp3) is 0.357. The summed E-state index contributed by atoms with van der Waals surface area (Å²) in [5.41, 5.74) is 1.19. The molecule has 2 amide bonds. The normalized spacial score (nSPS) is 23.2. The van der Waals surface area contributed by atoms with E-state index < -0.39 is 33.3 Å². The first-order valence-corrected chi connectivity index (χ1v) is 14.8. The van der Waals surface area contributed by atoms with Crippen LogP contribution in [0.15, 0.2) is 70.7 Å². The number of fused-ring (bicyclic) bond motifs is 4. The molecule has 14 heteroatoms. The van der Waals surface area contributed by atoms with Crippen molar-refractivity contribution < 1.29 is 39.7 Å². The highest BCUT2D eigenvalue weighted by Gasteiger charge is 2.56. The minimum Gasteiger partial charge on any atom is -0.497 e. The number of hydrogen-bond acceptors (Lipinski definition) is 11. The Morgan fingerprint density at radius 2 is 1.69 bits per heavy atom. The molecule has 3 aliphatic rings. The van der Waals surface area contributed by atoms with Crippen LogP contribution in [0.25, 0.3) is 0 Å². The Hall–Kier alpha value is -3.90. The lowest BCUT2D eigenvalue weighted by Crippen LogP contribution is -2.33. The van der Waals surface area contributed by atoms with Crippen LogP contribution in [-0.4, -0.2) is 49.4 Å². The van der Waals surface area contributed by atoms with Crippen molar-refractivity contribution in [1.82, 2.24) is 5.06 Å². The number of methoxy groups -OCH3 is 1. The number of allylic oxidation sites excluding steroid dienone is 2. The van der Waals surface area contributed by atoms with E-state index in [0.717, 1.165) is 12.0 Å². The first-order valence-electron chi connectivity index (χ1n) is 12.4. The van der Waals surface area contributed by atoms with E-state index >= 15 is 0 Å². The number of ether oxygens (including phenoxy) is 1. The number of aryl methyl sites for hydroxylation is 1. The zero-order valence-corrected chi connectivity index (χ0v) is 24.0. The number of hydroxylamine groups is 2. The number of rotatable bonds is 8. The van der Waals surface area contributed by atoms with Gasteiger partial charge in [-0.1, -0.05) is 42.4 Å². The molecule has 2 aromatic carbocycles. The Labute approximate surface area is 247 Å². The summed E-state index contributed by atoms with van der Waals surface area (Å²) in [6.07, 6.45) is 5.68. The van der Waals surface area contributed by atoms with Crippen LogP contribution in [0, 0.1) is 41.9 Å². The number of carbonyl (C=O) groups excluding carboxylic acids is 2. The average molecular weight is 618 g/mol. The minimum atomic E-state index is -4.07. The van der Waals surface area contributed by atoms with Gasteiger partial charge in [-0.2, -0.15) is 17.9 Å². The molecule has 0 aromatic heterocycles. The molecule has 1 saturated carbocycles. The number of nitrogens with zero attached hydrogens (tertiary/aromatic N) is 3. The molecule has 1 saturated heterocycles. The molecule has 5 atom stereocenters. The van der Waals surface area contributed by atoms with Crippen LogP contribution in [0.3, 0.4) is 0 Å². The van der Waals surface area contributed by atoms with Gasteiger partial charge in [0.2, 0.25) is 0 Å². The molecule has 1 heterocycles. The van der Waals surface area contributed by atoms with Gasteiger partial charge in [0.15, 0.2) is 5.71 Å². The molecule has 5 unspecified atom stereocenters. The number of carbonyl (C=O) groups is 2. The summed E-state index contributed by atoms with van der Waals surface area (Å²) in [6, 6.07) is 14.4. The van der Waals surface area contributed by atoms with Gasteiger partial charge < -0.3 is 4.74 Å². The highest BCUT2D eigenvalue weighted by Crippen LogP contribution is 2.48. The van der Waals surface area contributed by atoms with Crippen LogP contribution in [0.4, 0.5) is 0 Å². The summed E-state index contributed by atoms with van der Waals surface area (Å²) in [4.78, 5) is 24.2. The fourth-order valence-corrected chi connectivity index (χ4v) is 5.97. The number of benzene rings is 2. The zero-order chi connectivity index (χ0) is 29.7. The van der Waals surface area contributed by atoms with Crippen LogP contribution in [0.2, 0.25) is 0 Å². The van der Waals surface area contributed by atoms with E-state index in [9.17, 15) is 22.2 Å². The van der Waals surface area contributed by atoms with E-state index in [2.05, 4.69) is 19.7 Å². The molecule has 0 N–H and O–H groups in total. The molecule has 42 heavy (non-hydrogen) atoms. The summed E-state index contributed by atoms with van der Waals surface area (Å²) in [7, 11) is -1.37. The van der Waals surface area contributed by atoms with E-state index in [1.165, 1.54) is 26.4 Å². The Morgan fingerprint density at radius 1 is 1.02 bits per heavy atom. The van der Waals surface area contributed by atoms with Gasteiger partial charge in [0, 0.05) is 5.56 Å². The molecule has 2 aliphatic carbocycles. The number of hydrogen-bond donors (Lipinski definition) is 0. The standard InChI is InChI=1S/C16H14N2O4S.C11H13NO5S.CH4/c1-12-3-9-15(10-4-12)23(19,20)22-18-16(11-17)13-5-7-14(21-2)8-6-13;1-16-18(15)17-12-10(13)8-5-6-2-3-7(4-6)9(8)11(12)14;/h3-10H,1-2H3;2-3,6-9H,4-5H2,1H3;1H4/b18-16+;;. The molecule has 0 radical (unpaired) electrons. The number of imide groups is 1. The van der Waals surface area contributed by atoms with E-state index in [-0.39, 0.29) is 35.8 Å². The maximum Gasteiger partial charge on any atom is 0.358 e. The quantitative estimate of drug-likeness (QED) is 0.185. The summed E-state index contributed by atoms with van der Waals surface area (Å²) < 4.78 is 54.0. The monoisotopic (exact) mass is 617 g/mol. The maximum absolute atomic E-state index is 12.1. The summed E-state index contributed by atoms with van der Waals surface area (Å²) in [6.45, 7) is 1.84. The van der Waals surface area contributed by atoms with E-state index in [1.807, 2.05) is 19.1 Å². The van der Waals surface area contributed by atoms with Crippen molar-refractivity contribution in [2.75, 3.05) is 14.2 Å². The lowest BCUT2D eigenvalue weighted by molar-refractivity contribution is -0.166. The van der Waals surface area contributed by atoms with Crippen LogP contribution >= 0.6 is 0 Å². The Bertz CT molecular complexity index is 1530. The van der Waals surface area contributed by atoms with Crippen molar-refractivity contribution in [2.45, 2.75) is 32.1 Å². The van der Waals surface area contributed by atoms with E-state index in [0.29, 0.717) is 28.7 Å². The SMILES string of the molecule is C.COS(=O)ON1C(=O)C2CC3C=CC(C3)C2C1=O.COc1ccc(/C(C#N)=N/OS(=O)(=O)c2ccc(C)cc2)cc1. The molecule has 0 spiro atoms. The lowest BCUT2D eigenvalue weighted by atomic mass is 9.73. The topological polar surface area (TPSA) is 162 Å². The van der Waals surface area contributed by atoms with Gasteiger partial charge in [0.25, 0.3) is 11.8 Å². The van der Waals surface area contributed by atoms with Crippen molar-refractivity contribution in [3.05, 3.63) is 71.8 Å². The van der Waals surface area contributed by atoms with Crippen molar-refractivity contribution >= 4 is 39.0 Å². The highest BCUT2D eigenvalue weighted by atomic mass is 32.2. The first-order chi connectivity index (χ1) is 19.6. The second-order valence-corrected chi connectivity index (χ2v) is 11.9. The lowest BCUT2D eigenvalue weighted by Gasteiger charge is -2.27. The van der Waals surface area contributed by atoms with Crippen LogP contribution in [0.5, 0.6) is 5.75 Å². The second kappa shape index (κ2) is 13.8. The molecular formula is C28H31N3O9S2. The fourth-order valence-electron chi connectivity index (χ4n) is 4.91. The van der Waals surface area contributed by atoms with Crippen LogP contribution < -0.4 is 4.74 Å². The smallest absolute Gasteiger partial charge is 0.358 e. The third-order valence-electron chi connectivity index (χ3n) is 6.94. The zero-order valence-electron chi connectivity index (χ0n) is 22.3. The Morgan fingerprint density at radius 3 is 2.29 bits per heavy atom. The van der Waals surface area contributed by atoms with Gasteiger partial charge in [-0.15, -0.1) is 9.35 Å². The molecule has 2 aromatic rings. The average Bonchev–Trinajstić information content (AvgIpc) is 3.46. The van der Waals surface area contributed by atoms with Crippen LogP contribution in [0.1, 0.15) is 31.4 Å². The first kappa shape index (κ1) is 32.6. The van der Waals surface area contributed by atoms with E-state index in [1.54, 1.807) is 36.4 Å². The number of nitriles is 1. The van der Waals surface area contributed by atoms with Crippen molar-refractivity contribution in [2.24, 2.45) is 28.8 Å². The molecular weight excluding hydrogens is 586 g/mol. The highest BCUT2D eigenvalue weighted by molar-refractivity contribution is 7.86. The molecule has 12 nitrogen and oxygen atoms in total. The largest absolute Gasteiger partial charge is 0.497 e. The molecule has 2 fully saturated rings. The van der Waals surface area contributed by atoms with Gasteiger partial charge in [-0.3, -0.25) is 18.1 Å². The van der Waals surface area contributed by atoms with Gasteiger partial charge >= 0.3 is 21.5 Å². The van der Waals surface area contributed by atoms with Crippen molar-refractivity contribution in [1.29, 1.82) is 5.26 Å².